The summed E-state index contributed by atoms with van der Waals surface area (Å²) in [7, 11) is 0. The summed E-state index contributed by atoms with van der Waals surface area (Å²) in [6.45, 7) is 2.22. The zero-order valence-electron chi connectivity index (χ0n) is 18.7. The molecule has 0 bridgehead atoms. The molecule has 1 fully saturated rings. The number of aliphatic hydroxyl groups excluding tert-OH is 1. The van der Waals surface area contributed by atoms with Crippen molar-refractivity contribution in [1.82, 2.24) is 4.90 Å². The third-order valence-electron chi connectivity index (χ3n) is 6.75. The molecule has 34 heavy (non-hydrogen) atoms. The normalized spacial score (nSPS) is 20.2. The largest absolute Gasteiger partial charge is 0.543 e. The minimum atomic E-state index is -1.37. The number of carbonyl (C=O) groups excluding carboxylic acids is 2. The van der Waals surface area contributed by atoms with Gasteiger partial charge in [0.25, 0.3) is 5.82 Å². The van der Waals surface area contributed by atoms with Crippen LogP contribution in [0.2, 0.25) is 0 Å². The van der Waals surface area contributed by atoms with Gasteiger partial charge in [-0.2, -0.15) is 0 Å². The summed E-state index contributed by atoms with van der Waals surface area (Å²) in [5, 5.41) is 21.9. The van der Waals surface area contributed by atoms with Crippen molar-refractivity contribution in [3.8, 4) is 11.1 Å². The fraction of sp³-hybridized carbons (Fsp3) is 0.222. The Bertz CT molecular complexity index is 1310. The maximum atomic E-state index is 12.5. The van der Waals surface area contributed by atoms with Gasteiger partial charge < -0.3 is 19.9 Å². The van der Waals surface area contributed by atoms with Crippen molar-refractivity contribution < 1.29 is 24.4 Å². The number of pyridine rings is 1. The van der Waals surface area contributed by atoms with Crippen molar-refractivity contribution in [2.45, 2.75) is 32.0 Å². The van der Waals surface area contributed by atoms with Gasteiger partial charge in [-0.15, -0.1) is 0 Å². The lowest BCUT2D eigenvalue weighted by molar-refractivity contribution is -0.674. The Morgan fingerprint density at radius 1 is 1.12 bits per heavy atom. The van der Waals surface area contributed by atoms with Gasteiger partial charge in [0.05, 0.1) is 35.9 Å². The minimum absolute atomic E-state index is 0.0862. The summed E-state index contributed by atoms with van der Waals surface area (Å²) in [5.41, 5.74) is 10.3. The van der Waals surface area contributed by atoms with Gasteiger partial charge in [-0.1, -0.05) is 48.5 Å². The van der Waals surface area contributed by atoms with E-state index in [-0.39, 0.29) is 17.6 Å². The number of β-lactam (4-membered cyclic amide) rings is 1. The number of hydrogen-bond donors (Lipinski definition) is 2. The first-order valence-electron chi connectivity index (χ1n) is 11.2. The highest BCUT2D eigenvalue weighted by molar-refractivity contribution is 6.05. The van der Waals surface area contributed by atoms with Gasteiger partial charge in [0.2, 0.25) is 5.91 Å². The first-order valence-corrected chi connectivity index (χ1v) is 11.2. The molecule has 3 heterocycles. The number of aliphatic hydroxyl groups is 1. The van der Waals surface area contributed by atoms with Gasteiger partial charge >= 0.3 is 0 Å². The second-order valence-electron chi connectivity index (χ2n) is 8.89. The molecule has 0 unspecified atom stereocenters. The van der Waals surface area contributed by atoms with Crippen LogP contribution >= 0.6 is 0 Å². The zero-order chi connectivity index (χ0) is 24.0. The van der Waals surface area contributed by atoms with Gasteiger partial charge in [0.15, 0.2) is 0 Å². The molecule has 7 heteroatoms. The summed E-state index contributed by atoms with van der Waals surface area (Å²) in [6.07, 6.45) is 1.49. The quantitative estimate of drug-likeness (QED) is 0.431. The molecule has 5 rings (SSSR count). The van der Waals surface area contributed by atoms with Gasteiger partial charge in [0, 0.05) is 6.07 Å². The van der Waals surface area contributed by atoms with Crippen LogP contribution in [0.3, 0.4) is 0 Å². The molecule has 0 saturated carbocycles. The number of amides is 1. The van der Waals surface area contributed by atoms with E-state index in [1.54, 1.807) is 6.92 Å². The molecule has 2 aromatic carbocycles. The molecule has 0 aliphatic carbocycles. The molecule has 7 nitrogen and oxygen atoms in total. The molecule has 3 atom stereocenters. The van der Waals surface area contributed by atoms with Crippen LogP contribution in [0, 0.1) is 5.92 Å². The molecular formula is C27H25N3O4. The Kier molecular flexibility index (Phi) is 5.42. The van der Waals surface area contributed by atoms with Gasteiger partial charge in [-0.05, 0) is 53.3 Å². The summed E-state index contributed by atoms with van der Waals surface area (Å²) in [5.74, 6) is -1.63. The topological polar surface area (TPSA) is 111 Å². The Morgan fingerprint density at radius 3 is 2.53 bits per heavy atom. The van der Waals surface area contributed by atoms with E-state index < -0.39 is 18.0 Å². The number of rotatable bonds is 6. The summed E-state index contributed by atoms with van der Waals surface area (Å²) < 4.78 is 1.97. The van der Waals surface area contributed by atoms with Crippen LogP contribution in [0.4, 0.5) is 5.82 Å². The molecule has 2 aliphatic rings. The van der Waals surface area contributed by atoms with Crippen molar-refractivity contribution in [1.29, 1.82) is 0 Å². The number of carboxylic acids is 1. The summed E-state index contributed by atoms with van der Waals surface area (Å²) in [4.78, 5) is 25.7. The lowest BCUT2D eigenvalue weighted by Gasteiger charge is -2.45. The minimum Gasteiger partial charge on any atom is -0.543 e. The predicted octanol–water partition coefficient (Wildman–Crippen LogP) is 1.34. The number of anilines is 1. The van der Waals surface area contributed by atoms with Crippen molar-refractivity contribution in [2.75, 3.05) is 5.73 Å². The highest BCUT2D eigenvalue weighted by atomic mass is 16.4. The molecule has 0 radical (unpaired) electrons. The number of nitrogen functional groups attached to an aromatic ring is 1. The van der Waals surface area contributed by atoms with Crippen molar-refractivity contribution in [2.24, 2.45) is 5.92 Å². The lowest BCUT2D eigenvalue weighted by Crippen LogP contribution is -2.62. The van der Waals surface area contributed by atoms with E-state index in [2.05, 4.69) is 0 Å². The molecule has 1 aromatic heterocycles. The average Bonchev–Trinajstić information content (AvgIpc) is 3.16. The fourth-order valence-corrected chi connectivity index (χ4v) is 5.04. The Labute approximate surface area is 197 Å². The number of benzene rings is 2. The zero-order valence-corrected chi connectivity index (χ0v) is 18.7. The number of carbonyl (C=O) groups is 2. The second-order valence-corrected chi connectivity index (χ2v) is 8.89. The van der Waals surface area contributed by atoms with Crippen LogP contribution in [0.5, 0.6) is 0 Å². The van der Waals surface area contributed by atoms with Gasteiger partial charge in [-0.3, -0.25) is 10.5 Å². The highest BCUT2D eigenvalue weighted by Gasteiger charge is 2.55. The van der Waals surface area contributed by atoms with Crippen LogP contribution in [-0.4, -0.2) is 34.0 Å². The van der Waals surface area contributed by atoms with E-state index in [1.165, 1.54) is 4.90 Å². The maximum Gasteiger partial charge on any atom is 0.272 e. The van der Waals surface area contributed by atoms with Crippen molar-refractivity contribution in [3.05, 3.63) is 89.8 Å². The number of carboxylic acid groups (broad SMARTS) is 1. The van der Waals surface area contributed by atoms with E-state index in [0.717, 1.165) is 22.3 Å². The van der Waals surface area contributed by atoms with E-state index >= 15 is 0 Å². The molecule has 2 aliphatic heterocycles. The monoisotopic (exact) mass is 455 g/mol. The lowest BCUT2D eigenvalue weighted by atomic mass is 9.82. The smallest absolute Gasteiger partial charge is 0.272 e. The molecular weight excluding hydrogens is 430 g/mol. The number of nitrogens with two attached hydrogens (primary N) is 1. The highest BCUT2D eigenvalue weighted by Crippen LogP contribution is 2.47. The SMILES string of the molecule is C[C@H](O)[C@H]1C(=O)N2C(C(=O)[O-])=C(c3cccc(-c4ccc(C[n+]5ccccc5N)cc4)c3)C[C@H]12. The molecule has 1 saturated heterocycles. The second kappa shape index (κ2) is 8.43. The van der Waals surface area contributed by atoms with E-state index in [1.807, 2.05) is 77.5 Å². The maximum absolute atomic E-state index is 12.5. The third kappa shape index (κ3) is 3.64. The predicted molar refractivity (Wildman–Crippen MR) is 124 cm³/mol. The van der Waals surface area contributed by atoms with E-state index in [0.29, 0.717) is 24.4 Å². The van der Waals surface area contributed by atoms with Crippen LogP contribution in [-0.2, 0) is 16.1 Å². The number of aromatic nitrogens is 1. The van der Waals surface area contributed by atoms with Crippen LogP contribution < -0.4 is 15.4 Å². The Balaban J connectivity index is 1.43. The van der Waals surface area contributed by atoms with Crippen LogP contribution in [0.25, 0.3) is 16.7 Å². The number of aliphatic carboxylic acids is 1. The van der Waals surface area contributed by atoms with E-state index in [4.69, 9.17) is 5.73 Å². The number of hydrogen-bond acceptors (Lipinski definition) is 5. The van der Waals surface area contributed by atoms with Crippen LogP contribution in [0.1, 0.15) is 24.5 Å². The van der Waals surface area contributed by atoms with Gasteiger partial charge in [-0.25, -0.2) is 4.57 Å². The molecule has 0 spiro atoms. The standard InChI is InChI=1S/C27H25N3O4/c1-16(31)24-22-14-21(25(27(33)34)30(22)26(24)32)20-6-4-5-19(13-20)18-10-8-17(9-11-18)15-29-12-3-2-7-23(29)28/h2-13,16,22,24,28,31H,14-15H2,1H3,(H,33,34)/t16-,22+,24+/m0/s1. The Morgan fingerprint density at radius 2 is 1.85 bits per heavy atom. The fourth-order valence-electron chi connectivity index (χ4n) is 5.04. The molecule has 172 valence electrons. The van der Waals surface area contributed by atoms with Gasteiger partial charge in [0.1, 0.15) is 6.54 Å². The first-order chi connectivity index (χ1) is 16.3. The third-order valence-corrected chi connectivity index (χ3v) is 6.75. The summed E-state index contributed by atoms with van der Waals surface area (Å²) in [6, 6.07) is 21.1. The molecule has 3 aromatic rings. The number of nitrogens with zero attached hydrogens (tertiary/aromatic N) is 2. The average molecular weight is 456 g/mol. The molecule has 3 N–H and O–H groups in total. The molecule has 1 amide bonds. The number of fused-ring (bicyclic) bond motifs is 1. The first kappa shape index (κ1) is 21.9. The van der Waals surface area contributed by atoms with E-state index in [9.17, 15) is 19.8 Å². The van der Waals surface area contributed by atoms with Crippen LogP contribution in [0.15, 0.2) is 78.6 Å². The Hall–Kier alpha value is -3.97. The van der Waals surface area contributed by atoms with Crippen molar-refractivity contribution in [3.63, 3.8) is 0 Å². The summed E-state index contributed by atoms with van der Waals surface area (Å²) >= 11 is 0. The van der Waals surface area contributed by atoms with Crippen molar-refractivity contribution >= 4 is 23.3 Å².